The Kier molecular flexibility index (Phi) is 5.74. The number of nitrogens with one attached hydrogen (secondary N) is 1. The maximum absolute atomic E-state index is 12.4. The van der Waals surface area contributed by atoms with Gasteiger partial charge in [0.2, 0.25) is 5.91 Å². The Morgan fingerprint density at radius 3 is 2.54 bits per heavy atom. The third-order valence-corrected chi connectivity index (χ3v) is 4.94. The van der Waals surface area contributed by atoms with Crippen LogP contribution in [0.15, 0.2) is 18.2 Å². The first kappa shape index (κ1) is 18.6. The first-order valence-electron chi connectivity index (χ1n) is 9.73. The zero-order valence-corrected chi connectivity index (χ0v) is 16.4. The Balaban J connectivity index is 1.62. The van der Waals surface area contributed by atoms with Crippen molar-refractivity contribution >= 4 is 11.6 Å². The Hall–Kier alpha value is -2.17. The van der Waals surface area contributed by atoms with Gasteiger partial charge in [-0.25, -0.2) is 0 Å². The van der Waals surface area contributed by atoms with Gasteiger partial charge in [-0.15, -0.1) is 10.2 Å². The van der Waals surface area contributed by atoms with E-state index in [-0.39, 0.29) is 5.91 Å². The predicted octanol–water partition coefficient (Wildman–Crippen LogP) is 4.39. The summed E-state index contributed by atoms with van der Waals surface area (Å²) in [6.45, 7) is 8.51. The van der Waals surface area contributed by atoms with Crippen LogP contribution in [0.1, 0.15) is 68.3 Å². The van der Waals surface area contributed by atoms with Gasteiger partial charge in [0.1, 0.15) is 11.6 Å². The van der Waals surface area contributed by atoms with Gasteiger partial charge in [0.05, 0.1) is 0 Å². The number of carbonyl (C=O) groups is 1. The molecule has 1 N–H and O–H groups in total. The summed E-state index contributed by atoms with van der Waals surface area (Å²) < 4.78 is 2.30. The van der Waals surface area contributed by atoms with Gasteiger partial charge >= 0.3 is 0 Å². The van der Waals surface area contributed by atoms with Gasteiger partial charge in [0.25, 0.3) is 0 Å². The van der Waals surface area contributed by atoms with Crippen molar-refractivity contribution < 1.29 is 4.79 Å². The molecule has 0 saturated heterocycles. The molecule has 0 bridgehead atoms. The quantitative estimate of drug-likeness (QED) is 0.765. The van der Waals surface area contributed by atoms with Gasteiger partial charge in [-0.2, -0.15) is 0 Å². The number of benzene rings is 1. The van der Waals surface area contributed by atoms with Crippen LogP contribution >= 0.6 is 0 Å². The van der Waals surface area contributed by atoms with Gasteiger partial charge in [0, 0.05) is 31.0 Å². The average molecular weight is 354 g/mol. The molecule has 1 heterocycles. The summed E-state index contributed by atoms with van der Waals surface area (Å²) in [5, 5.41) is 11.9. The maximum atomic E-state index is 12.4. The number of nitrogens with zero attached hydrogens (tertiary/aromatic N) is 3. The molecule has 0 unspecified atom stereocenters. The van der Waals surface area contributed by atoms with Crippen molar-refractivity contribution in [2.75, 3.05) is 5.32 Å². The molecule has 0 radical (unpaired) electrons. The summed E-state index contributed by atoms with van der Waals surface area (Å²) >= 11 is 0. The minimum atomic E-state index is 0.0350. The normalized spacial score (nSPS) is 14.0. The van der Waals surface area contributed by atoms with Gasteiger partial charge in [-0.05, 0) is 56.2 Å². The second-order valence-electron chi connectivity index (χ2n) is 7.93. The molecule has 1 saturated carbocycles. The summed E-state index contributed by atoms with van der Waals surface area (Å²) in [4.78, 5) is 12.4. The Morgan fingerprint density at radius 1 is 1.19 bits per heavy atom. The Morgan fingerprint density at radius 2 is 1.88 bits per heavy atom. The highest BCUT2D eigenvalue weighted by Crippen LogP contribution is 2.37. The van der Waals surface area contributed by atoms with Crippen LogP contribution in [-0.2, 0) is 17.6 Å². The number of rotatable bonds is 8. The molecule has 1 amide bonds. The smallest absolute Gasteiger partial charge is 0.224 e. The van der Waals surface area contributed by atoms with Gasteiger partial charge in [-0.3, -0.25) is 4.79 Å². The molecule has 5 nitrogen and oxygen atoms in total. The van der Waals surface area contributed by atoms with Gasteiger partial charge in [0.15, 0.2) is 0 Å². The Bertz CT molecular complexity index is 774. The molecule has 1 aromatic heterocycles. The van der Waals surface area contributed by atoms with Crippen LogP contribution in [-0.4, -0.2) is 20.7 Å². The fraction of sp³-hybridized carbons (Fsp3) is 0.571. The van der Waals surface area contributed by atoms with E-state index in [1.54, 1.807) is 0 Å². The molecule has 0 spiro atoms. The lowest BCUT2D eigenvalue weighted by Gasteiger charge is -2.11. The van der Waals surface area contributed by atoms with Crippen molar-refractivity contribution in [3.8, 4) is 0 Å². The van der Waals surface area contributed by atoms with E-state index in [0.29, 0.717) is 24.8 Å². The summed E-state index contributed by atoms with van der Waals surface area (Å²) in [6.07, 6.45) is 5.57. The van der Waals surface area contributed by atoms with E-state index in [1.807, 2.05) is 26.0 Å². The Labute approximate surface area is 156 Å². The maximum Gasteiger partial charge on any atom is 0.224 e. The van der Waals surface area contributed by atoms with E-state index < -0.39 is 0 Å². The molecule has 1 aliphatic carbocycles. The van der Waals surface area contributed by atoms with Crippen molar-refractivity contribution in [3.63, 3.8) is 0 Å². The SMILES string of the molecule is Cc1ccc(C)c(NC(=O)CCc2nnc(CCC(C)C)n2C2CC2)c1. The zero-order valence-electron chi connectivity index (χ0n) is 16.4. The van der Waals surface area contributed by atoms with Crippen molar-refractivity contribution in [1.82, 2.24) is 14.8 Å². The van der Waals surface area contributed by atoms with Crippen LogP contribution in [0, 0.1) is 19.8 Å². The number of aromatic nitrogens is 3. The summed E-state index contributed by atoms with van der Waals surface area (Å²) in [5.74, 6) is 2.74. The summed E-state index contributed by atoms with van der Waals surface area (Å²) in [6, 6.07) is 6.66. The molecule has 1 fully saturated rings. The molecule has 3 rings (SSSR count). The molecule has 1 aromatic carbocycles. The molecule has 0 aliphatic heterocycles. The van der Waals surface area contributed by atoms with E-state index in [2.05, 4.69) is 40.0 Å². The van der Waals surface area contributed by atoms with E-state index in [4.69, 9.17) is 0 Å². The molecular formula is C21H30N4O. The third kappa shape index (κ3) is 4.71. The second kappa shape index (κ2) is 8.02. The van der Waals surface area contributed by atoms with E-state index >= 15 is 0 Å². The van der Waals surface area contributed by atoms with Crippen LogP contribution in [0.25, 0.3) is 0 Å². The third-order valence-electron chi connectivity index (χ3n) is 4.94. The first-order chi connectivity index (χ1) is 12.4. The number of carbonyl (C=O) groups excluding carboxylic acids is 1. The molecule has 1 aliphatic rings. The highest BCUT2D eigenvalue weighted by atomic mass is 16.1. The van der Waals surface area contributed by atoms with Crippen LogP contribution in [0.3, 0.4) is 0 Å². The number of hydrogen-bond acceptors (Lipinski definition) is 3. The zero-order chi connectivity index (χ0) is 18.7. The van der Waals surface area contributed by atoms with Crippen molar-refractivity contribution in [2.24, 2.45) is 5.92 Å². The van der Waals surface area contributed by atoms with E-state index in [9.17, 15) is 4.79 Å². The average Bonchev–Trinajstić information content (AvgIpc) is 3.34. The van der Waals surface area contributed by atoms with Gasteiger partial charge in [-0.1, -0.05) is 26.0 Å². The lowest BCUT2D eigenvalue weighted by molar-refractivity contribution is -0.116. The monoisotopic (exact) mass is 354 g/mol. The fourth-order valence-corrected chi connectivity index (χ4v) is 3.18. The van der Waals surface area contributed by atoms with Gasteiger partial charge < -0.3 is 9.88 Å². The molecule has 2 aromatic rings. The number of hydrogen-bond donors (Lipinski definition) is 1. The van der Waals surface area contributed by atoms with E-state index in [0.717, 1.165) is 41.3 Å². The van der Waals surface area contributed by atoms with Crippen molar-refractivity contribution in [1.29, 1.82) is 0 Å². The van der Waals surface area contributed by atoms with Crippen LogP contribution in [0.2, 0.25) is 0 Å². The number of amides is 1. The van der Waals surface area contributed by atoms with Crippen molar-refractivity contribution in [2.45, 2.75) is 72.3 Å². The predicted molar refractivity (Wildman–Crippen MR) is 104 cm³/mol. The highest BCUT2D eigenvalue weighted by Gasteiger charge is 2.29. The molecule has 140 valence electrons. The molecule has 5 heteroatoms. The minimum Gasteiger partial charge on any atom is -0.326 e. The van der Waals surface area contributed by atoms with Crippen molar-refractivity contribution in [3.05, 3.63) is 41.0 Å². The highest BCUT2D eigenvalue weighted by molar-refractivity contribution is 5.91. The lowest BCUT2D eigenvalue weighted by atomic mass is 10.1. The van der Waals surface area contributed by atoms with Crippen LogP contribution < -0.4 is 5.32 Å². The summed E-state index contributed by atoms with van der Waals surface area (Å²) in [7, 11) is 0. The largest absolute Gasteiger partial charge is 0.326 e. The molecular weight excluding hydrogens is 324 g/mol. The summed E-state index contributed by atoms with van der Waals surface area (Å²) in [5.41, 5.74) is 3.13. The van der Waals surface area contributed by atoms with E-state index in [1.165, 1.54) is 12.8 Å². The first-order valence-corrected chi connectivity index (χ1v) is 9.73. The number of aryl methyl sites for hydroxylation is 4. The molecule has 26 heavy (non-hydrogen) atoms. The fourth-order valence-electron chi connectivity index (χ4n) is 3.18. The number of anilines is 1. The second-order valence-corrected chi connectivity index (χ2v) is 7.93. The standard InChI is InChI=1S/C21H30N4O/c1-14(2)5-10-19-23-24-20(25(19)17-8-9-17)11-12-21(26)22-18-13-15(3)6-7-16(18)4/h6-7,13-14,17H,5,8-12H2,1-4H3,(H,22,26). The van der Waals surface area contributed by atoms with Crippen LogP contribution in [0.4, 0.5) is 5.69 Å². The molecule has 0 atom stereocenters. The van der Waals surface area contributed by atoms with Crippen LogP contribution in [0.5, 0.6) is 0 Å². The lowest BCUT2D eigenvalue weighted by Crippen LogP contribution is -2.15. The minimum absolute atomic E-state index is 0.0350. The topological polar surface area (TPSA) is 59.8 Å².